The highest BCUT2D eigenvalue weighted by molar-refractivity contribution is 5.82. The number of benzene rings is 2. The van der Waals surface area contributed by atoms with Crippen LogP contribution in [0.1, 0.15) is 50.7 Å². The van der Waals surface area contributed by atoms with Gasteiger partial charge >= 0.3 is 0 Å². The van der Waals surface area contributed by atoms with E-state index >= 15 is 0 Å². The molecule has 0 heterocycles. The monoisotopic (exact) mass is 295 g/mol. The van der Waals surface area contributed by atoms with E-state index in [0.717, 1.165) is 36.4 Å². The molecule has 0 fully saturated rings. The van der Waals surface area contributed by atoms with Crippen molar-refractivity contribution >= 4 is 11.9 Å². The van der Waals surface area contributed by atoms with Crippen LogP contribution in [0.3, 0.4) is 0 Å². The quantitative estimate of drug-likeness (QED) is 0.597. The molecule has 22 heavy (non-hydrogen) atoms. The molecule has 0 aliphatic heterocycles. The van der Waals surface area contributed by atoms with Gasteiger partial charge in [-0.05, 0) is 66.3 Å². The first-order chi connectivity index (χ1) is 10.7. The number of ether oxygens (including phenoxy) is 1. The topological polar surface area (TPSA) is 21.6 Å². The third-order valence-electron chi connectivity index (χ3n) is 3.79. The van der Waals surface area contributed by atoms with E-state index in [1.54, 1.807) is 0 Å². The van der Waals surface area contributed by atoms with Crippen molar-refractivity contribution in [3.05, 3.63) is 59.7 Å². The van der Waals surface area contributed by atoms with Gasteiger partial charge in [-0.25, -0.2) is 0 Å². The van der Waals surface area contributed by atoms with Gasteiger partial charge in [0.05, 0.1) is 12.3 Å². The lowest BCUT2D eigenvalue weighted by atomic mass is 9.99. The van der Waals surface area contributed by atoms with Gasteiger partial charge in [-0.2, -0.15) is 0 Å². The Bertz CT molecular complexity index is 584. The maximum absolute atomic E-state index is 5.57. The third kappa shape index (κ3) is 4.73. The highest BCUT2D eigenvalue weighted by atomic mass is 16.5. The molecular weight excluding hydrogens is 270 g/mol. The van der Waals surface area contributed by atoms with Crippen molar-refractivity contribution in [2.45, 2.75) is 39.5 Å². The van der Waals surface area contributed by atoms with Gasteiger partial charge in [-0.3, -0.25) is 4.99 Å². The lowest BCUT2D eigenvalue weighted by Gasteiger charge is -2.08. The first kappa shape index (κ1) is 16.3. The summed E-state index contributed by atoms with van der Waals surface area (Å²) in [6.45, 7) is 7.33. The molecule has 0 N–H and O–H groups in total. The minimum Gasteiger partial charge on any atom is -0.494 e. The van der Waals surface area contributed by atoms with Crippen LogP contribution < -0.4 is 4.74 Å². The van der Waals surface area contributed by atoms with Gasteiger partial charge < -0.3 is 4.74 Å². The molecular formula is C20H25NO. The van der Waals surface area contributed by atoms with E-state index in [4.69, 9.17) is 4.74 Å². The summed E-state index contributed by atoms with van der Waals surface area (Å²) in [6, 6.07) is 16.5. The molecule has 2 aromatic carbocycles. The van der Waals surface area contributed by atoms with Crippen molar-refractivity contribution in [2.24, 2.45) is 4.99 Å². The molecule has 0 aliphatic rings. The Morgan fingerprint density at radius 2 is 1.68 bits per heavy atom. The molecule has 2 heteroatoms. The summed E-state index contributed by atoms with van der Waals surface area (Å²) in [5.74, 6) is 1.52. The van der Waals surface area contributed by atoms with E-state index in [0.29, 0.717) is 5.92 Å². The molecule has 0 spiro atoms. The lowest BCUT2D eigenvalue weighted by molar-refractivity contribution is 0.317. The zero-order valence-corrected chi connectivity index (χ0v) is 13.8. The van der Waals surface area contributed by atoms with Crippen molar-refractivity contribution in [3.63, 3.8) is 0 Å². The second kappa shape index (κ2) is 8.38. The Morgan fingerprint density at radius 3 is 2.27 bits per heavy atom. The van der Waals surface area contributed by atoms with Gasteiger partial charge in [0.15, 0.2) is 0 Å². The summed E-state index contributed by atoms with van der Waals surface area (Å²) in [6.07, 6.45) is 4.08. The minimum atomic E-state index is 0.605. The fourth-order valence-corrected chi connectivity index (χ4v) is 2.14. The highest BCUT2D eigenvalue weighted by Crippen LogP contribution is 2.21. The first-order valence-corrected chi connectivity index (χ1v) is 8.09. The van der Waals surface area contributed by atoms with Gasteiger partial charge in [0, 0.05) is 6.21 Å². The third-order valence-corrected chi connectivity index (χ3v) is 3.79. The van der Waals surface area contributed by atoms with E-state index in [1.807, 2.05) is 30.5 Å². The summed E-state index contributed by atoms with van der Waals surface area (Å²) in [7, 11) is 0. The summed E-state index contributed by atoms with van der Waals surface area (Å²) in [5, 5.41) is 0. The smallest absolute Gasteiger partial charge is 0.119 e. The van der Waals surface area contributed by atoms with E-state index < -0.39 is 0 Å². The molecule has 116 valence electrons. The van der Waals surface area contributed by atoms with Gasteiger partial charge in [0.25, 0.3) is 0 Å². The number of aliphatic imine (C=N–C) groups is 1. The van der Waals surface area contributed by atoms with Crippen LogP contribution in [0.15, 0.2) is 53.5 Å². The van der Waals surface area contributed by atoms with E-state index in [-0.39, 0.29) is 0 Å². The Kier molecular flexibility index (Phi) is 6.20. The van der Waals surface area contributed by atoms with Crippen LogP contribution in [0.2, 0.25) is 0 Å². The minimum absolute atomic E-state index is 0.605. The number of rotatable bonds is 7. The standard InChI is InChI=1S/C20H25NO/c1-4-14-22-20-12-6-17(7-13-20)15-21-19-10-8-18(9-11-19)16(3)5-2/h6-13,15-16H,4-5,14H2,1-3H3. The van der Waals surface area contributed by atoms with Crippen LogP contribution in [0.4, 0.5) is 5.69 Å². The molecule has 0 amide bonds. The Labute approximate surface area is 133 Å². The number of hydrogen-bond donors (Lipinski definition) is 0. The van der Waals surface area contributed by atoms with Crippen LogP contribution in [0.25, 0.3) is 0 Å². The summed E-state index contributed by atoms with van der Waals surface area (Å²) in [5.41, 5.74) is 3.44. The largest absolute Gasteiger partial charge is 0.494 e. The van der Waals surface area contributed by atoms with Crippen LogP contribution in [-0.2, 0) is 0 Å². The SMILES string of the molecule is CCCOc1ccc(C=Nc2ccc(C(C)CC)cc2)cc1. The predicted molar refractivity (Wildman–Crippen MR) is 94.6 cm³/mol. The zero-order chi connectivity index (χ0) is 15.8. The van der Waals surface area contributed by atoms with Gasteiger partial charge in [-0.15, -0.1) is 0 Å². The molecule has 1 atom stereocenters. The average Bonchev–Trinajstić information content (AvgIpc) is 2.58. The maximum Gasteiger partial charge on any atom is 0.119 e. The highest BCUT2D eigenvalue weighted by Gasteiger charge is 2.01. The van der Waals surface area contributed by atoms with Crippen LogP contribution in [0, 0.1) is 0 Å². The molecule has 0 aromatic heterocycles. The molecule has 0 saturated carbocycles. The number of hydrogen-bond acceptors (Lipinski definition) is 2. The second-order valence-electron chi connectivity index (χ2n) is 5.58. The van der Waals surface area contributed by atoms with Gasteiger partial charge in [-0.1, -0.05) is 32.9 Å². The molecule has 0 radical (unpaired) electrons. The van der Waals surface area contributed by atoms with Gasteiger partial charge in [0.2, 0.25) is 0 Å². The Balaban J connectivity index is 1.99. The Morgan fingerprint density at radius 1 is 1.00 bits per heavy atom. The molecule has 2 aromatic rings. The maximum atomic E-state index is 5.57. The molecule has 0 aliphatic carbocycles. The summed E-state index contributed by atoms with van der Waals surface area (Å²) < 4.78 is 5.57. The van der Waals surface area contributed by atoms with Crippen molar-refractivity contribution < 1.29 is 4.74 Å². The molecule has 0 saturated heterocycles. The van der Waals surface area contributed by atoms with Gasteiger partial charge in [0.1, 0.15) is 5.75 Å². The van der Waals surface area contributed by atoms with E-state index in [9.17, 15) is 0 Å². The summed E-state index contributed by atoms with van der Waals surface area (Å²) >= 11 is 0. The Hall–Kier alpha value is -2.09. The van der Waals surface area contributed by atoms with Crippen molar-refractivity contribution in [1.82, 2.24) is 0 Å². The average molecular weight is 295 g/mol. The summed E-state index contributed by atoms with van der Waals surface area (Å²) in [4.78, 5) is 4.53. The van der Waals surface area contributed by atoms with Crippen molar-refractivity contribution in [2.75, 3.05) is 6.61 Å². The lowest BCUT2D eigenvalue weighted by Crippen LogP contribution is -1.94. The molecule has 1 unspecified atom stereocenters. The second-order valence-corrected chi connectivity index (χ2v) is 5.58. The number of nitrogens with zero attached hydrogens (tertiary/aromatic N) is 1. The van der Waals surface area contributed by atoms with Crippen molar-refractivity contribution in [3.8, 4) is 5.75 Å². The van der Waals surface area contributed by atoms with Crippen LogP contribution >= 0.6 is 0 Å². The van der Waals surface area contributed by atoms with Crippen LogP contribution in [-0.4, -0.2) is 12.8 Å². The predicted octanol–water partition coefficient (Wildman–Crippen LogP) is 5.74. The molecule has 2 nitrogen and oxygen atoms in total. The molecule has 2 rings (SSSR count). The van der Waals surface area contributed by atoms with Crippen LogP contribution in [0.5, 0.6) is 5.75 Å². The van der Waals surface area contributed by atoms with E-state index in [2.05, 4.69) is 50.0 Å². The van der Waals surface area contributed by atoms with Crippen molar-refractivity contribution in [1.29, 1.82) is 0 Å². The molecule has 0 bridgehead atoms. The van der Waals surface area contributed by atoms with E-state index in [1.165, 1.54) is 5.56 Å². The fourth-order valence-electron chi connectivity index (χ4n) is 2.14. The zero-order valence-electron chi connectivity index (χ0n) is 13.8. The normalized spacial score (nSPS) is 12.5. The fraction of sp³-hybridized carbons (Fsp3) is 0.350. The first-order valence-electron chi connectivity index (χ1n) is 8.09.